The number of hydrogen-bond acceptors (Lipinski definition) is 5. The number of halogens is 1. The summed E-state index contributed by atoms with van der Waals surface area (Å²) in [6.45, 7) is 4.47. The van der Waals surface area contributed by atoms with Crippen LogP contribution in [0.2, 0.25) is 5.15 Å². The average Bonchev–Trinajstić information content (AvgIpc) is 2.36. The lowest BCUT2D eigenvalue weighted by molar-refractivity contribution is 0.938. The normalized spacial score (nSPS) is 10.4. The maximum atomic E-state index is 6.02. The Bertz CT molecular complexity index is 544. The van der Waals surface area contributed by atoms with E-state index in [0.717, 1.165) is 29.3 Å². The van der Waals surface area contributed by atoms with Crippen LogP contribution in [-0.2, 0) is 13.0 Å². The molecule has 94 valence electrons. The maximum absolute atomic E-state index is 6.02. The van der Waals surface area contributed by atoms with Crippen LogP contribution in [0.4, 0.5) is 5.82 Å². The van der Waals surface area contributed by atoms with Crippen LogP contribution >= 0.6 is 11.6 Å². The lowest BCUT2D eigenvalue weighted by atomic mass is 10.2. The Morgan fingerprint density at radius 1 is 1.28 bits per heavy atom. The molecule has 0 saturated heterocycles. The SMILES string of the molecule is CCc1c(Cl)ncnc1NCc1ccnc(C)n1. The van der Waals surface area contributed by atoms with Crippen molar-refractivity contribution in [2.24, 2.45) is 0 Å². The molecule has 0 spiro atoms. The molecular formula is C12H14ClN5. The molecule has 0 saturated carbocycles. The topological polar surface area (TPSA) is 63.6 Å². The molecule has 2 heterocycles. The van der Waals surface area contributed by atoms with E-state index in [-0.39, 0.29) is 0 Å². The van der Waals surface area contributed by atoms with Crippen LogP contribution in [0.25, 0.3) is 0 Å². The van der Waals surface area contributed by atoms with Gasteiger partial charge in [0.1, 0.15) is 23.1 Å². The predicted molar refractivity (Wildman–Crippen MR) is 70.5 cm³/mol. The first-order valence-corrected chi connectivity index (χ1v) is 6.10. The van der Waals surface area contributed by atoms with E-state index in [1.54, 1.807) is 6.20 Å². The largest absolute Gasteiger partial charge is 0.364 e. The van der Waals surface area contributed by atoms with Gasteiger partial charge < -0.3 is 5.32 Å². The summed E-state index contributed by atoms with van der Waals surface area (Å²) in [7, 11) is 0. The number of nitrogens with one attached hydrogen (secondary N) is 1. The highest BCUT2D eigenvalue weighted by Gasteiger charge is 2.07. The van der Waals surface area contributed by atoms with Crippen molar-refractivity contribution in [2.45, 2.75) is 26.8 Å². The van der Waals surface area contributed by atoms with Crippen molar-refractivity contribution in [3.8, 4) is 0 Å². The monoisotopic (exact) mass is 263 g/mol. The van der Waals surface area contributed by atoms with Gasteiger partial charge in [0.15, 0.2) is 0 Å². The molecule has 0 aromatic carbocycles. The fourth-order valence-electron chi connectivity index (χ4n) is 1.63. The number of aromatic nitrogens is 4. The second-order valence-corrected chi connectivity index (χ2v) is 4.15. The van der Waals surface area contributed by atoms with E-state index < -0.39 is 0 Å². The number of rotatable bonds is 4. The molecule has 18 heavy (non-hydrogen) atoms. The van der Waals surface area contributed by atoms with E-state index in [2.05, 4.69) is 25.3 Å². The summed E-state index contributed by atoms with van der Waals surface area (Å²) in [6.07, 6.45) is 3.98. The Morgan fingerprint density at radius 2 is 2.11 bits per heavy atom. The van der Waals surface area contributed by atoms with Gasteiger partial charge in [0.05, 0.1) is 12.2 Å². The van der Waals surface area contributed by atoms with Crippen LogP contribution in [0.3, 0.4) is 0 Å². The van der Waals surface area contributed by atoms with Gasteiger partial charge in [0.25, 0.3) is 0 Å². The smallest absolute Gasteiger partial charge is 0.137 e. The third-order valence-corrected chi connectivity index (χ3v) is 2.84. The van der Waals surface area contributed by atoms with E-state index in [9.17, 15) is 0 Å². The number of anilines is 1. The van der Waals surface area contributed by atoms with Crippen molar-refractivity contribution in [1.29, 1.82) is 0 Å². The molecule has 0 amide bonds. The molecule has 5 nitrogen and oxygen atoms in total. The van der Waals surface area contributed by atoms with Crippen molar-refractivity contribution in [2.75, 3.05) is 5.32 Å². The van der Waals surface area contributed by atoms with Crippen LogP contribution in [0.15, 0.2) is 18.6 Å². The van der Waals surface area contributed by atoms with Crippen LogP contribution in [0, 0.1) is 6.92 Å². The zero-order chi connectivity index (χ0) is 13.0. The Hall–Kier alpha value is -1.75. The van der Waals surface area contributed by atoms with Crippen molar-refractivity contribution in [3.05, 3.63) is 40.8 Å². The molecule has 0 aliphatic rings. The van der Waals surface area contributed by atoms with Crippen LogP contribution in [-0.4, -0.2) is 19.9 Å². The Labute approximate surface area is 111 Å². The number of hydrogen-bond donors (Lipinski definition) is 1. The highest BCUT2D eigenvalue weighted by atomic mass is 35.5. The van der Waals surface area contributed by atoms with Gasteiger partial charge in [-0.3, -0.25) is 0 Å². The Balaban J connectivity index is 2.13. The first-order chi connectivity index (χ1) is 8.70. The zero-order valence-corrected chi connectivity index (χ0v) is 11.1. The number of aryl methyl sites for hydroxylation is 1. The molecule has 0 radical (unpaired) electrons. The first kappa shape index (κ1) is 12.7. The summed E-state index contributed by atoms with van der Waals surface area (Å²) in [5.41, 5.74) is 1.84. The average molecular weight is 264 g/mol. The summed E-state index contributed by atoms with van der Waals surface area (Å²) >= 11 is 6.02. The lowest BCUT2D eigenvalue weighted by Crippen LogP contribution is -2.07. The van der Waals surface area contributed by atoms with E-state index in [1.807, 2.05) is 19.9 Å². The van der Waals surface area contributed by atoms with Crippen LogP contribution in [0.1, 0.15) is 24.0 Å². The second-order valence-electron chi connectivity index (χ2n) is 3.79. The molecule has 0 aliphatic heterocycles. The van der Waals surface area contributed by atoms with E-state index in [4.69, 9.17) is 11.6 Å². The molecule has 2 aromatic rings. The molecule has 0 atom stereocenters. The minimum Gasteiger partial charge on any atom is -0.364 e. The molecule has 0 unspecified atom stereocenters. The van der Waals surface area contributed by atoms with Gasteiger partial charge >= 0.3 is 0 Å². The van der Waals surface area contributed by atoms with Crippen molar-refractivity contribution in [3.63, 3.8) is 0 Å². The van der Waals surface area contributed by atoms with Crippen molar-refractivity contribution in [1.82, 2.24) is 19.9 Å². The molecule has 2 rings (SSSR count). The summed E-state index contributed by atoms with van der Waals surface area (Å²) in [4.78, 5) is 16.5. The van der Waals surface area contributed by atoms with E-state index in [0.29, 0.717) is 11.7 Å². The summed E-state index contributed by atoms with van der Waals surface area (Å²) in [5, 5.41) is 3.72. The van der Waals surface area contributed by atoms with Crippen molar-refractivity contribution >= 4 is 17.4 Å². The molecule has 6 heteroatoms. The van der Waals surface area contributed by atoms with Gasteiger partial charge in [-0.25, -0.2) is 19.9 Å². The summed E-state index contributed by atoms with van der Waals surface area (Å²) in [5.74, 6) is 1.51. The third kappa shape index (κ3) is 2.92. The van der Waals surface area contributed by atoms with Crippen molar-refractivity contribution < 1.29 is 0 Å². The molecule has 0 aliphatic carbocycles. The van der Waals surface area contributed by atoms with Gasteiger partial charge in [0, 0.05) is 11.8 Å². The highest BCUT2D eigenvalue weighted by molar-refractivity contribution is 6.30. The van der Waals surface area contributed by atoms with Gasteiger partial charge in [-0.15, -0.1) is 0 Å². The van der Waals surface area contributed by atoms with Gasteiger partial charge in [0.2, 0.25) is 0 Å². The fourth-order valence-corrected chi connectivity index (χ4v) is 1.90. The Morgan fingerprint density at radius 3 is 2.83 bits per heavy atom. The molecule has 0 bridgehead atoms. The molecule has 2 aromatic heterocycles. The van der Waals surface area contributed by atoms with Gasteiger partial charge in [-0.1, -0.05) is 18.5 Å². The van der Waals surface area contributed by atoms with Gasteiger partial charge in [-0.05, 0) is 19.4 Å². The van der Waals surface area contributed by atoms with E-state index >= 15 is 0 Å². The minimum absolute atomic E-state index is 0.494. The van der Waals surface area contributed by atoms with Crippen LogP contribution < -0.4 is 5.32 Å². The second kappa shape index (κ2) is 5.73. The Kier molecular flexibility index (Phi) is 4.04. The summed E-state index contributed by atoms with van der Waals surface area (Å²) < 4.78 is 0. The summed E-state index contributed by atoms with van der Waals surface area (Å²) in [6, 6.07) is 1.87. The fraction of sp³-hybridized carbons (Fsp3) is 0.333. The van der Waals surface area contributed by atoms with Crippen LogP contribution in [0.5, 0.6) is 0 Å². The van der Waals surface area contributed by atoms with Gasteiger partial charge in [-0.2, -0.15) is 0 Å². The van der Waals surface area contributed by atoms with E-state index in [1.165, 1.54) is 6.33 Å². The third-order valence-electron chi connectivity index (χ3n) is 2.52. The minimum atomic E-state index is 0.494. The molecular weight excluding hydrogens is 250 g/mol. The lowest BCUT2D eigenvalue weighted by Gasteiger charge is -2.10. The molecule has 1 N–H and O–H groups in total. The predicted octanol–water partition coefficient (Wildman–Crippen LogP) is 2.40. The maximum Gasteiger partial charge on any atom is 0.137 e. The first-order valence-electron chi connectivity index (χ1n) is 5.72. The highest BCUT2D eigenvalue weighted by Crippen LogP contribution is 2.20. The standard InChI is InChI=1S/C12H14ClN5/c1-3-10-11(13)16-7-17-12(10)15-6-9-4-5-14-8(2)18-9/h4-5,7H,3,6H2,1-2H3,(H,15,16,17). The zero-order valence-electron chi connectivity index (χ0n) is 10.3. The quantitative estimate of drug-likeness (QED) is 0.858. The number of nitrogens with zero attached hydrogens (tertiary/aromatic N) is 4. The molecule has 0 fully saturated rings.